The fourth-order valence-electron chi connectivity index (χ4n) is 2.45. The van der Waals surface area contributed by atoms with Gasteiger partial charge in [0.25, 0.3) is 5.91 Å². The summed E-state index contributed by atoms with van der Waals surface area (Å²) < 4.78 is 0. The van der Waals surface area contributed by atoms with Crippen molar-refractivity contribution < 1.29 is 4.79 Å². The van der Waals surface area contributed by atoms with Gasteiger partial charge in [-0.25, -0.2) is 4.98 Å². The number of thiazole rings is 1. The molecule has 2 heterocycles. The van der Waals surface area contributed by atoms with Crippen molar-refractivity contribution in [3.8, 4) is 11.3 Å². The first-order valence-electron chi connectivity index (χ1n) is 7.44. The van der Waals surface area contributed by atoms with Gasteiger partial charge in [-0.2, -0.15) is 5.10 Å². The minimum atomic E-state index is -0.293. The van der Waals surface area contributed by atoms with Crippen molar-refractivity contribution in [3.05, 3.63) is 69.5 Å². The molecule has 0 fully saturated rings. The van der Waals surface area contributed by atoms with E-state index in [0.29, 0.717) is 21.3 Å². The number of hydrogen-bond donors (Lipinski definition) is 1. The van der Waals surface area contributed by atoms with E-state index in [4.69, 9.17) is 11.6 Å². The number of hydrogen-bond acceptors (Lipinski definition) is 5. The highest BCUT2D eigenvalue weighted by atomic mass is 35.5. The molecule has 25 heavy (non-hydrogen) atoms. The Balaban J connectivity index is 1.58. The van der Waals surface area contributed by atoms with Crippen LogP contribution in [0.1, 0.15) is 10.6 Å². The molecule has 2 aromatic carbocycles. The molecule has 3 aromatic rings. The molecule has 122 valence electrons. The highest BCUT2D eigenvalue weighted by Crippen LogP contribution is 2.26. The Bertz CT molecular complexity index is 1010. The summed E-state index contributed by atoms with van der Waals surface area (Å²) in [6.07, 6.45) is 1.54. The number of nitrogens with one attached hydrogen (secondary N) is 1. The molecule has 0 saturated carbocycles. The molecule has 0 spiro atoms. The Morgan fingerprint density at radius 1 is 1.16 bits per heavy atom. The molecule has 4 rings (SSSR count). The summed E-state index contributed by atoms with van der Waals surface area (Å²) >= 11 is 7.45. The van der Waals surface area contributed by atoms with Crippen LogP contribution < -0.4 is 5.32 Å². The highest BCUT2D eigenvalue weighted by Gasteiger charge is 2.26. The minimum absolute atomic E-state index is 0.244. The summed E-state index contributed by atoms with van der Waals surface area (Å²) in [5.74, 6) is -0.293. The first-order chi connectivity index (χ1) is 12.2. The molecular weight excluding hydrogens is 356 g/mol. The highest BCUT2D eigenvalue weighted by molar-refractivity contribution is 7.11. The third-order valence-electron chi connectivity index (χ3n) is 3.62. The molecule has 0 bridgehead atoms. The second-order valence-corrected chi connectivity index (χ2v) is 6.60. The summed E-state index contributed by atoms with van der Waals surface area (Å²) in [6.45, 7) is 0. The van der Waals surface area contributed by atoms with Crippen molar-refractivity contribution in [1.29, 1.82) is 0 Å². The Kier molecular flexibility index (Phi) is 4.13. The SMILES string of the molecule is O=C1Nc2ccc(Cl)cc2/C1=N/N=C/c1nc(-c2ccccc2)cs1. The van der Waals surface area contributed by atoms with Crippen molar-refractivity contribution in [2.45, 2.75) is 0 Å². The van der Waals surface area contributed by atoms with Gasteiger partial charge in [0.05, 0.1) is 17.6 Å². The molecule has 5 nitrogen and oxygen atoms in total. The monoisotopic (exact) mass is 366 g/mol. The molecule has 1 aliphatic rings. The lowest BCUT2D eigenvalue weighted by atomic mass is 10.1. The number of halogens is 1. The summed E-state index contributed by atoms with van der Waals surface area (Å²) in [4.78, 5) is 16.5. The average Bonchev–Trinajstić information content (AvgIpc) is 3.21. The van der Waals surface area contributed by atoms with Gasteiger partial charge in [0.15, 0.2) is 5.71 Å². The molecule has 0 saturated heterocycles. The van der Waals surface area contributed by atoms with E-state index in [1.807, 2.05) is 35.7 Å². The number of anilines is 1. The van der Waals surface area contributed by atoms with Gasteiger partial charge in [0, 0.05) is 21.5 Å². The maximum atomic E-state index is 12.0. The number of rotatable bonds is 3. The third kappa shape index (κ3) is 3.22. The topological polar surface area (TPSA) is 66.7 Å². The van der Waals surface area contributed by atoms with Gasteiger partial charge in [-0.1, -0.05) is 41.9 Å². The molecule has 1 aromatic heterocycles. The minimum Gasteiger partial charge on any atom is -0.320 e. The maximum Gasteiger partial charge on any atom is 0.276 e. The molecule has 1 aliphatic heterocycles. The van der Waals surface area contributed by atoms with Gasteiger partial charge >= 0.3 is 0 Å². The van der Waals surface area contributed by atoms with Crippen molar-refractivity contribution in [3.63, 3.8) is 0 Å². The van der Waals surface area contributed by atoms with Gasteiger partial charge < -0.3 is 5.32 Å². The summed E-state index contributed by atoms with van der Waals surface area (Å²) in [5.41, 5.74) is 3.51. The number of carbonyl (C=O) groups is 1. The van der Waals surface area contributed by atoms with Crippen molar-refractivity contribution in [1.82, 2.24) is 4.98 Å². The lowest BCUT2D eigenvalue weighted by molar-refractivity contribution is -0.110. The van der Waals surface area contributed by atoms with Crippen molar-refractivity contribution in [2.75, 3.05) is 5.32 Å². The predicted octanol–water partition coefficient (Wildman–Crippen LogP) is 4.24. The molecular formula is C18H11ClN4OS. The van der Waals surface area contributed by atoms with Gasteiger partial charge in [-0.3, -0.25) is 4.79 Å². The quantitative estimate of drug-likeness (QED) is 0.556. The first kappa shape index (κ1) is 15.7. The van der Waals surface area contributed by atoms with Crippen LogP contribution in [0.15, 0.2) is 64.1 Å². The van der Waals surface area contributed by atoms with Crippen LogP contribution in [0.25, 0.3) is 11.3 Å². The van der Waals surface area contributed by atoms with Crippen LogP contribution in [-0.4, -0.2) is 22.8 Å². The second-order valence-electron chi connectivity index (χ2n) is 5.27. The lowest BCUT2D eigenvalue weighted by Gasteiger charge is -1.96. The second kappa shape index (κ2) is 6.58. The smallest absolute Gasteiger partial charge is 0.276 e. The number of carbonyl (C=O) groups excluding carboxylic acids is 1. The van der Waals surface area contributed by atoms with E-state index in [1.165, 1.54) is 11.3 Å². The Morgan fingerprint density at radius 3 is 2.84 bits per heavy atom. The fourth-order valence-corrected chi connectivity index (χ4v) is 3.30. The zero-order valence-corrected chi connectivity index (χ0v) is 14.4. The van der Waals surface area contributed by atoms with Crippen LogP contribution in [0.2, 0.25) is 5.02 Å². The summed E-state index contributed by atoms with van der Waals surface area (Å²) in [5, 5.41) is 14.0. The normalized spacial score (nSPS) is 14.9. The fraction of sp³-hybridized carbons (Fsp3) is 0. The van der Waals surface area contributed by atoms with E-state index in [-0.39, 0.29) is 11.6 Å². The van der Waals surface area contributed by atoms with Gasteiger partial charge in [0.1, 0.15) is 5.01 Å². The zero-order valence-electron chi connectivity index (χ0n) is 12.8. The number of benzene rings is 2. The van der Waals surface area contributed by atoms with E-state index in [9.17, 15) is 4.79 Å². The van der Waals surface area contributed by atoms with E-state index < -0.39 is 0 Å². The predicted molar refractivity (Wildman–Crippen MR) is 102 cm³/mol. The van der Waals surface area contributed by atoms with Crippen LogP contribution in [0.4, 0.5) is 5.69 Å². The van der Waals surface area contributed by atoms with Crippen LogP contribution in [0.5, 0.6) is 0 Å². The maximum absolute atomic E-state index is 12.0. The van der Waals surface area contributed by atoms with Crippen LogP contribution in [-0.2, 0) is 4.79 Å². The Labute approximate surface area is 152 Å². The van der Waals surface area contributed by atoms with Crippen molar-refractivity contribution >= 4 is 46.5 Å². The van der Waals surface area contributed by atoms with Gasteiger partial charge in [0.2, 0.25) is 0 Å². The molecule has 1 amide bonds. The molecule has 0 radical (unpaired) electrons. The molecule has 7 heteroatoms. The summed E-state index contributed by atoms with van der Waals surface area (Å²) in [7, 11) is 0. The third-order valence-corrected chi connectivity index (χ3v) is 4.63. The number of fused-ring (bicyclic) bond motifs is 1. The van der Waals surface area contributed by atoms with Gasteiger partial charge in [-0.15, -0.1) is 16.4 Å². The number of amides is 1. The van der Waals surface area contributed by atoms with Crippen LogP contribution in [0.3, 0.4) is 0 Å². The van der Waals surface area contributed by atoms with Gasteiger partial charge in [-0.05, 0) is 18.2 Å². The first-order valence-corrected chi connectivity index (χ1v) is 8.70. The lowest BCUT2D eigenvalue weighted by Crippen LogP contribution is -2.13. The molecule has 0 unspecified atom stereocenters. The molecule has 0 atom stereocenters. The van der Waals surface area contributed by atoms with E-state index in [0.717, 1.165) is 11.3 Å². The molecule has 0 aliphatic carbocycles. The standard InChI is InChI=1S/C18H11ClN4OS/c19-12-6-7-14-13(8-12)17(18(24)22-14)23-20-9-16-21-15(10-25-16)11-4-2-1-3-5-11/h1-10H,(H,22,23,24)/b20-9+. The largest absolute Gasteiger partial charge is 0.320 e. The van der Waals surface area contributed by atoms with Crippen molar-refractivity contribution in [2.24, 2.45) is 10.2 Å². The van der Waals surface area contributed by atoms with Crippen LogP contribution >= 0.6 is 22.9 Å². The van der Waals surface area contributed by atoms with Crippen LogP contribution in [0, 0.1) is 0 Å². The number of aromatic nitrogens is 1. The molecule has 1 N–H and O–H groups in total. The Hall–Kier alpha value is -2.83. The number of nitrogens with zero attached hydrogens (tertiary/aromatic N) is 3. The zero-order chi connectivity index (χ0) is 17.2. The average molecular weight is 367 g/mol. The van der Waals surface area contributed by atoms with E-state index in [2.05, 4.69) is 20.5 Å². The Morgan fingerprint density at radius 2 is 2.00 bits per heavy atom. The van der Waals surface area contributed by atoms with E-state index in [1.54, 1.807) is 24.4 Å². The summed E-state index contributed by atoms with van der Waals surface area (Å²) in [6, 6.07) is 15.1. The van der Waals surface area contributed by atoms with E-state index >= 15 is 0 Å².